The van der Waals surface area contributed by atoms with Gasteiger partial charge in [0.25, 0.3) is 0 Å². The van der Waals surface area contributed by atoms with Crippen molar-refractivity contribution >= 4 is 11.5 Å². The minimum atomic E-state index is -0.0137. The molecule has 0 radical (unpaired) electrons. The molecule has 0 saturated carbocycles. The standard InChI is InChI=1S/C19H20N2O2/c1-14-5-4-6-18(11-14)23-10-9-21(3)19-12-16(15(2)22)7-8-17(19)13-20/h4-8,11-12H,9-10H2,1-3H3. The zero-order valence-electron chi connectivity index (χ0n) is 13.7. The monoisotopic (exact) mass is 308 g/mol. The second-order valence-electron chi connectivity index (χ2n) is 5.49. The molecule has 0 N–H and O–H groups in total. The number of likely N-dealkylation sites (N-methyl/N-ethyl adjacent to an activating group) is 1. The van der Waals surface area contributed by atoms with E-state index in [0.717, 1.165) is 17.0 Å². The summed E-state index contributed by atoms with van der Waals surface area (Å²) in [5.74, 6) is 0.816. The first-order chi connectivity index (χ1) is 11.0. The molecular weight excluding hydrogens is 288 g/mol. The van der Waals surface area contributed by atoms with Gasteiger partial charge in [0, 0.05) is 12.6 Å². The van der Waals surface area contributed by atoms with Crippen molar-refractivity contribution in [3.05, 3.63) is 59.2 Å². The van der Waals surface area contributed by atoms with E-state index in [2.05, 4.69) is 6.07 Å². The Bertz CT molecular complexity index is 747. The number of hydrogen-bond acceptors (Lipinski definition) is 4. The lowest BCUT2D eigenvalue weighted by atomic mass is 10.1. The molecule has 0 bridgehead atoms. The molecule has 23 heavy (non-hydrogen) atoms. The molecule has 0 unspecified atom stereocenters. The van der Waals surface area contributed by atoms with E-state index in [-0.39, 0.29) is 5.78 Å². The second-order valence-corrected chi connectivity index (χ2v) is 5.49. The first-order valence-corrected chi connectivity index (χ1v) is 7.47. The van der Waals surface area contributed by atoms with Crippen LogP contribution in [0.4, 0.5) is 5.69 Å². The van der Waals surface area contributed by atoms with Crippen molar-refractivity contribution in [3.63, 3.8) is 0 Å². The highest BCUT2D eigenvalue weighted by Gasteiger charge is 2.10. The summed E-state index contributed by atoms with van der Waals surface area (Å²) in [6.45, 7) is 4.65. The van der Waals surface area contributed by atoms with E-state index < -0.39 is 0 Å². The van der Waals surface area contributed by atoms with Gasteiger partial charge >= 0.3 is 0 Å². The third-order valence-corrected chi connectivity index (χ3v) is 3.62. The maximum atomic E-state index is 11.5. The summed E-state index contributed by atoms with van der Waals surface area (Å²) < 4.78 is 5.74. The predicted molar refractivity (Wildman–Crippen MR) is 91.1 cm³/mol. The van der Waals surface area contributed by atoms with Crippen molar-refractivity contribution in [2.24, 2.45) is 0 Å². The minimum absolute atomic E-state index is 0.0137. The van der Waals surface area contributed by atoms with Crippen LogP contribution in [0.2, 0.25) is 0 Å². The maximum absolute atomic E-state index is 11.5. The Morgan fingerprint density at radius 1 is 1.26 bits per heavy atom. The lowest BCUT2D eigenvalue weighted by Gasteiger charge is -2.21. The van der Waals surface area contributed by atoms with Gasteiger partial charge in [-0.2, -0.15) is 5.26 Å². The van der Waals surface area contributed by atoms with E-state index in [1.54, 1.807) is 18.2 Å². The Hall–Kier alpha value is -2.80. The van der Waals surface area contributed by atoms with E-state index in [4.69, 9.17) is 4.74 Å². The van der Waals surface area contributed by atoms with Gasteiger partial charge in [-0.25, -0.2) is 0 Å². The van der Waals surface area contributed by atoms with E-state index in [9.17, 15) is 10.1 Å². The van der Waals surface area contributed by atoms with E-state index in [1.165, 1.54) is 6.92 Å². The lowest BCUT2D eigenvalue weighted by molar-refractivity contribution is 0.101. The molecule has 2 aromatic carbocycles. The molecule has 0 saturated heterocycles. The maximum Gasteiger partial charge on any atom is 0.159 e. The zero-order valence-corrected chi connectivity index (χ0v) is 13.7. The van der Waals surface area contributed by atoms with Gasteiger partial charge in [-0.15, -0.1) is 0 Å². The first-order valence-electron chi connectivity index (χ1n) is 7.47. The fourth-order valence-corrected chi connectivity index (χ4v) is 2.29. The Morgan fingerprint density at radius 2 is 2.04 bits per heavy atom. The van der Waals surface area contributed by atoms with Crippen LogP contribution in [-0.2, 0) is 0 Å². The molecule has 4 nitrogen and oxygen atoms in total. The Balaban J connectivity index is 2.05. The molecular formula is C19H20N2O2. The summed E-state index contributed by atoms with van der Waals surface area (Å²) in [6, 6.07) is 15.2. The second kappa shape index (κ2) is 7.46. The number of nitrogens with zero attached hydrogens (tertiary/aromatic N) is 2. The van der Waals surface area contributed by atoms with Crippen LogP contribution in [0.1, 0.15) is 28.4 Å². The van der Waals surface area contributed by atoms with Gasteiger partial charge in [0.15, 0.2) is 5.78 Å². The highest BCUT2D eigenvalue weighted by molar-refractivity contribution is 5.95. The number of ketones is 1. The number of nitriles is 1. The van der Waals surface area contributed by atoms with Crippen LogP contribution >= 0.6 is 0 Å². The number of rotatable bonds is 6. The number of carbonyl (C=O) groups is 1. The summed E-state index contributed by atoms with van der Waals surface area (Å²) in [7, 11) is 1.89. The van der Waals surface area contributed by atoms with Crippen molar-refractivity contribution < 1.29 is 9.53 Å². The molecule has 0 aliphatic heterocycles. The quantitative estimate of drug-likeness (QED) is 0.765. The number of carbonyl (C=O) groups excluding carboxylic acids is 1. The summed E-state index contributed by atoms with van der Waals surface area (Å²) in [5.41, 5.74) is 3.04. The Morgan fingerprint density at radius 3 is 2.70 bits per heavy atom. The number of Topliss-reactive ketones (excluding diaryl/α,β-unsaturated/α-hetero) is 1. The fraction of sp³-hybridized carbons (Fsp3) is 0.263. The van der Waals surface area contributed by atoms with Gasteiger partial charge in [0.1, 0.15) is 18.4 Å². The molecule has 0 aromatic heterocycles. The molecule has 2 aromatic rings. The molecule has 0 spiro atoms. The summed E-state index contributed by atoms with van der Waals surface area (Å²) in [4.78, 5) is 13.5. The van der Waals surface area contributed by atoms with Gasteiger partial charge in [-0.3, -0.25) is 4.79 Å². The highest BCUT2D eigenvalue weighted by atomic mass is 16.5. The third kappa shape index (κ3) is 4.33. The van der Waals surface area contributed by atoms with Gasteiger partial charge < -0.3 is 9.64 Å². The molecule has 0 heterocycles. The molecule has 2 rings (SSSR count). The lowest BCUT2D eigenvalue weighted by Crippen LogP contribution is -2.24. The van der Waals surface area contributed by atoms with Gasteiger partial charge in [0.05, 0.1) is 17.8 Å². The zero-order chi connectivity index (χ0) is 16.8. The van der Waals surface area contributed by atoms with Crippen LogP contribution in [0.25, 0.3) is 0 Å². The number of anilines is 1. The normalized spacial score (nSPS) is 10.0. The van der Waals surface area contributed by atoms with Crippen LogP contribution < -0.4 is 9.64 Å². The van der Waals surface area contributed by atoms with Gasteiger partial charge in [-0.1, -0.05) is 12.1 Å². The van der Waals surface area contributed by atoms with E-state index >= 15 is 0 Å². The average Bonchev–Trinajstić information content (AvgIpc) is 2.54. The molecule has 0 aliphatic carbocycles. The Kier molecular flexibility index (Phi) is 5.37. The van der Waals surface area contributed by atoms with Crippen molar-refractivity contribution in [2.45, 2.75) is 13.8 Å². The smallest absolute Gasteiger partial charge is 0.159 e. The van der Waals surface area contributed by atoms with Crippen LogP contribution in [-0.4, -0.2) is 26.0 Å². The summed E-state index contributed by atoms with van der Waals surface area (Å²) >= 11 is 0. The predicted octanol–water partition coefficient (Wildman–Crippen LogP) is 3.58. The van der Waals surface area contributed by atoms with E-state index in [1.807, 2.05) is 43.1 Å². The van der Waals surface area contributed by atoms with Gasteiger partial charge in [-0.05, 0) is 49.7 Å². The van der Waals surface area contributed by atoms with Crippen molar-refractivity contribution in [3.8, 4) is 11.8 Å². The highest BCUT2D eigenvalue weighted by Crippen LogP contribution is 2.21. The third-order valence-electron chi connectivity index (χ3n) is 3.62. The largest absolute Gasteiger partial charge is 0.492 e. The number of aryl methyl sites for hydroxylation is 1. The number of benzene rings is 2. The van der Waals surface area contributed by atoms with Crippen molar-refractivity contribution in [1.29, 1.82) is 5.26 Å². The average molecular weight is 308 g/mol. The van der Waals surface area contributed by atoms with E-state index in [0.29, 0.717) is 24.3 Å². The molecule has 0 amide bonds. The molecule has 0 aliphatic rings. The minimum Gasteiger partial charge on any atom is -0.492 e. The molecule has 0 atom stereocenters. The topological polar surface area (TPSA) is 53.3 Å². The SMILES string of the molecule is CC(=O)c1ccc(C#N)c(N(C)CCOc2cccc(C)c2)c1. The van der Waals surface area contributed by atoms with Crippen LogP contribution in [0.15, 0.2) is 42.5 Å². The fourth-order valence-electron chi connectivity index (χ4n) is 2.29. The first kappa shape index (κ1) is 16.6. The number of ether oxygens (including phenoxy) is 1. The van der Waals surface area contributed by atoms with Crippen LogP contribution in [0.5, 0.6) is 5.75 Å². The summed E-state index contributed by atoms with van der Waals surface area (Å²) in [6.07, 6.45) is 0. The van der Waals surface area contributed by atoms with Crippen molar-refractivity contribution in [2.75, 3.05) is 25.1 Å². The van der Waals surface area contributed by atoms with Crippen molar-refractivity contribution in [1.82, 2.24) is 0 Å². The molecule has 0 fully saturated rings. The van der Waals surface area contributed by atoms with Gasteiger partial charge in [0.2, 0.25) is 0 Å². The Labute approximate surface area is 136 Å². The molecule has 118 valence electrons. The van der Waals surface area contributed by atoms with Crippen LogP contribution in [0.3, 0.4) is 0 Å². The summed E-state index contributed by atoms with van der Waals surface area (Å²) in [5, 5.41) is 9.24. The van der Waals surface area contributed by atoms with Crippen LogP contribution in [0, 0.1) is 18.3 Å². The molecule has 4 heteroatoms. The number of hydrogen-bond donors (Lipinski definition) is 0.